The minimum absolute atomic E-state index is 0.331. The quantitative estimate of drug-likeness (QED) is 0.199. The SMILES string of the molecule is O=C(CC1CCCc2c1cnn2-c1ccccc1)N1CCCCCC1.c1ccc(-n2ncc3c2CCCC3CCN2CCCCCC2)cc1. The average Bonchev–Trinajstić information content (AvgIpc) is 3.56. The van der Waals surface area contributed by atoms with Crippen molar-refractivity contribution in [1.82, 2.24) is 29.4 Å². The van der Waals surface area contributed by atoms with Crippen molar-refractivity contribution < 1.29 is 4.79 Å². The van der Waals surface area contributed by atoms with Crippen molar-refractivity contribution in [3.63, 3.8) is 0 Å². The van der Waals surface area contributed by atoms with Crippen molar-refractivity contribution in [3.05, 3.63) is 95.6 Å². The minimum Gasteiger partial charge on any atom is -0.343 e. The van der Waals surface area contributed by atoms with Gasteiger partial charge in [0.25, 0.3) is 0 Å². The van der Waals surface area contributed by atoms with Gasteiger partial charge in [0.05, 0.1) is 23.8 Å². The molecule has 49 heavy (non-hydrogen) atoms. The van der Waals surface area contributed by atoms with Crippen LogP contribution in [0, 0.1) is 0 Å². The Labute approximate surface area is 293 Å². The van der Waals surface area contributed by atoms with Gasteiger partial charge < -0.3 is 9.80 Å². The monoisotopic (exact) mass is 660 g/mol. The normalized spacial score (nSPS) is 21.4. The smallest absolute Gasteiger partial charge is 0.223 e. The molecule has 2 aliphatic carbocycles. The summed E-state index contributed by atoms with van der Waals surface area (Å²) >= 11 is 0. The lowest BCUT2D eigenvalue weighted by Crippen LogP contribution is -2.33. The predicted molar refractivity (Wildman–Crippen MR) is 198 cm³/mol. The third-order valence-electron chi connectivity index (χ3n) is 11.5. The first-order valence-corrected chi connectivity index (χ1v) is 19.5. The number of rotatable bonds is 7. The van der Waals surface area contributed by atoms with Crippen LogP contribution in [0.1, 0.15) is 124 Å². The highest BCUT2D eigenvalue weighted by Gasteiger charge is 2.29. The summed E-state index contributed by atoms with van der Waals surface area (Å²) in [4.78, 5) is 17.6. The highest BCUT2D eigenvalue weighted by Crippen LogP contribution is 2.36. The highest BCUT2D eigenvalue weighted by atomic mass is 16.2. The van der Waals surface area contributed by atoms with Crippen molar-refractivity contribution in [1.29, 1.82) is 0 Å². The summed E-state index contributed by atoms with van der Waals surface area (Å²) in [6.07, 6.45) is 23.7. The van der Waals surface area contributed by atoms with Crippen LogP contribution in [0.4, 0.5) is 0 Å². The van der Waals surface area contributed by atoms with Gasteiger partial charge in [-0.05, 0) is 137 Å². The Hall–Kier alpha value is -3.71. The summed E-state index contributed by atoms with van der Waals surface area (Å²) in [5, 5.41) is 9.38. The standard InChI is InChI=1S/C21H27N3O.C21H29N3/c25-21(23-13-6-1-2-7-14-23)15-17-9-8-12-20-19(17)16-22-24(20)18-10-4-3-5-11-18;1-2-7-15-23(14-6-1)16-13-18-9-8-12-21-20(18)17-22-24(21)19-10-4-3-5-11-19/h3-5,10-11,16-17H,1-2,6-9,12-15H2;3-5,10-11,17-18H,1-2,6-9,12-16H2. The first-order chi connectivity index (χ1) is 24.2. The van der Waals surface area contributed by atoms with Crippen LogP contribution >= 0.6 is 0 Å². The molecule has 0 saturated carbocycles. The fourth-order valence-corrected chi connectivity index (χ4v) is 8.75. The molecule has 260 valence electrons. The maximum atomic E-state index is 12.8. The fourth-order valence-electron chi connectivity index (χ4n) is 8.75. The Balaban J connectivity index is 0.000000154. The molecular weight excluding hydrogens is 605 g/mol. The number of nitrogens with zero attached hydrogens (tertiary/aromatic N) is 6. The van der Waals surface area contributed by atoms with E-state index in [0.29, 0.717) is 24.2 Å². The molecular formula is C42H56N6O. The molecule has 2 atom stereocenters. The molecule has 0 radical (unpaired) electrons. The zero-order valence-corrected chi connectivity index (χ0v) is 29.5. The van der Waals surface area contributed by atoms with Crippen molar-refractivity contribution in [2.24, 2.45) is 0 Å². The van der Waals surface area contributed by atoms with Gasteiger partial charge in [0.1, 0.15) is 0 Å². The van der Waals surface area contributed by atoms with E-state index < -0.39 is 0 Å². The summed E-state index contributed by atoms with van der Waals surface area (Å²) in [6, 6.07) is 20.9. The van der Waals surface area contributed by atoms with E-state index >= 15 is 0 Å². The van der Waals surface area contributed by atoms with Gasteiger partial charge in [-0.1, -0.05) is 62.1 Å². The van der Waals surface area contributed by atoms with E-state index in [1.165, 1.54) is 112 Å². The van der Waals surface area contributed by atoms with Gasteiger partial charge in [-0.15, -0.1) is 0 Å². The Morgan fingerprint density at radius 3 is 1.63 bits per heavy atom. The maximum Gasteiger partial charge on any atom is 0.223 e. The lowest BCUT2D eigenvalue weighted by molar-refractivity contribution is -0.131. The van der Waals surface area contributed by atoms with Crippen molar-refractivity contribution in [3.8, 4) is 11.4 Å². The number of hydrogen-bond acceptors (Lipinski definition) is 4. The van der Waals surface area contributed by atoms with Crippen LogP contribution in [0.3, 0.4) is 0 Å². The van der Waals surface area contributed by atoms with E-state index in [2.05, 4.69) is 72.9 Å². The minimum atomic E-state index is 0.331. The topological polar surface area (TPSA) is 59.2 Å². The highest BCUT2D eigenvalue weighted by molar-refractivity contribution is 5.77. The number of benzene rings is 2. The summed E-state index contributed by atoms with van der Waals surface area (Å²) < 4.78 is 4.24. The van der Waals surface area contributed by atoms with Crippen molar-refractivity contribution in [2.45, 2.75) is 115 Å². The van der Waals surface area contributed by atoms with Crippen LogP contribution in [0.15, 0.2) is 73.1 Å². The van der Waals surface area contributed by atoms with Gasteiger partial charge in [0.2, 0.25) is 5.91 Å². The third kappa shape index (κ3) is 8.37. The molecule has 2 aromatic heterocycles. The van der Waals surface area contributed by atoms with E-state index in [1.807, 2.05) is 24.4 Å². The molecule has 0 N–H and O–H groups in total. The molecule has 0 spiro atoms. The molecule has 4 heterocycles. The summed E-state index contributed by atoms with van der Waals surface area (Å²) in [7, 11) is 0. The largest absolute Gasteiger partial charge is 0.343 e. The van der Waals surface area contributed by atoms with Crippen LogP contribution in [0.25, 0.3) is 11.4 Å². The van der Waals surface area contributed by atoms with Crippen LogP contribution in [-0.4, -0.2) is 68.0 Å². The molecule has 7 heteroatoms. The van der Waals surface area contributed by atoms with Gasteiger partial charge in [0.15, 0.2) is 0 Å². The van der Waals surface area contributed by atoms with Crippen molar-refractivity contribution in [2.75, 3.05) is 32.7 Å². The van der Waals surface area contributed by atoms with Crippen LogP contribution in [0.2, 0.25) is 0 Å². The molecule has 8 rings (SSSR count). The zero-order valence-electron chi connectivity index (χ0n) is 29.5. The fraction of sp³-hybridized carbons (Fsp3) is 0.548. The number of aromatic nitrogens is 4. The average molecular weight is 661 g/mol. The van der Waals surface area contributed by atoms with E-state index in [-0.39, 0.29) is 0 Å². The number of hydrogen-bond donors (Lipinski definition) is 0. The molecule has 2 fully saturated rings. The molecule has 1 amide bonds. The number of amides is 1. The molecule has 0 bridgehead atoms. The maximum absolute atomic E-state index is 12.8. The molecule has 2 saturated heterocycles. The number of carbonyl (C=O) groups is 1. The van der Waals surface area contributed by atoms with Crippen LogP contribution in [-0.2, 0) is 17.6 Å². The number of likely N-dealkylation sites (tertiary alicyclic amines) is 2. The van der Waals surface area contributed by atoms with Gasteiger partial charge >= 0.3 is 0 Å². The van der Waals surface area contributed by atoms with Gasteiger partial charge in [-0.25, -0.2) is 9.36 Å². The Morgan fingerprint density at radius 2 is 1.08 bits per heavy atom. The van der Waals surface area contributed by atoms with Gasteiger partial charge in [0, 0.05) is 30.9 Å². The second-order valence-electron chi connectivity index (χ2n) is 14.8. The molecule has 4 aliphatic rings. The van der Waals surface area contributed by atoms with Gasteiger partial charge in [-0.3, -0.25) is 4.79 Å². The molecule has 4 aromatic rings. The number of para-hydroxylation sites is 2. The lowest BCUT2D eigenvalue weighted by atomic mass is 9.84. The van der Waals surface area contributed by atoms with Crippen molar-refractivity contribution >= 4 is 5.91 Å². The molecule has 2 aliphatic heterocycles. The van der Waals surface area contributed by atoms with E-state index in [4.69, 9.17) is 5.10 Å². The Kier molecular flexibility index (Phi) is 11.6. The molecule has 2 aromatic carbocycles. The zero-order chi connectivity index (χ0) is 33.3. The Bertz CT molecular complexity index is 1590. The number of carbonyl (C=O) groups excluding carboxylic acids is 1. The van der Waals surface area contributed by atoms with E-state index in [0.717, 1.165) is 50.9 Å². The van der Waals surface area contributed by atoms with Crippen LogP contribution in [0.5, 0.6) is 0 Å². The number of fused-ring (bicyclic) bond motifs is 2. The molecule has 7 nitrogen and oxygen atoms in total. The summed E-state index contributed by atoms with van der Waals surface area (Å²) in [5.41, 5.74) is 7.87. The molecule has 2 unspecified atom stereocenters. The summed E-state index contributed by atoms with van der Waals surface area (Å²) in [5.74, 6) is 1.37. The summed E-state index contributed by atoms with van der Waals surface area (Å²) in [6.45, 7) is 5.77. The second kappa shape index (κ2) is 16.8. The van der Waals surface area contributed by atoms with Crippen LogP contribution < -0.4 is 0 Å². The first-order valence-electron chi connectivity index (χ1n) is 19.5. The first kappa shape index (κ1) is 33.8. The van der Waals surface area contributed by atoms with E-state index in [1.54, 1.807) is 0 Å². The second-order valence-corrected chi connectivity index (χ2v) is 14.8. The third-order valence-corrected chi connectivity index (χ3v) is 11.5. The lowest BCUT2D eigenvalue weighted by Gasteiger charge is -2.26. The van der Waals surface area contributed by atoms with E-state index in [9.17, 15) is 4.79 Å². The van der Waals surface area contributed by atoms with Gasteiger partial charge in [-0.2, -0.15) is 10.2 Å². The Morgan fingerprint density at radius 1 is 0.592 bits per heavy atom. The predicted octanol–water partition coefficient (Wildman–Crippen LogP) is 8.64.